The van der Waals surface area contributed by atoms with Crippen molar-refractivity contribution in [3.8, 4) is 0 Å². The zero-order valence-corrected chi connectivity index (χ0v) is 10.3. The van der Waals surface area contributed by atoms with Crippen LogP contribution in [0.1, 0.15) is 22.8 Å². The van der Waals surface area contributed by atoms with Gasteiger partial charge >= 0.3 is 0 Å². The Labute approximate surface area is 94.4 Å². The van der Waals surface area contributed by atoms with Crippen molar-refractivity contribution in [1.82, 2.24) is 5.32 Å². The summed E-state index contributed by atoms with van der Waals surface area (Å²) in [5.41, 5.74) is 1.35. The molecule has 3 nitrogen and oxygen atoms in total. The van der Waals surface area contributed by atoms with E-state index in [1.54, 1.807) is 11.3 Å². The van der Waals surface area contributed by atoms with E-state index in [1.807, 2.05) is 0 Å². The van der Waals surface area contributed by atoms with Crippen LogP contribution in [0.15, 0.2) is 11.4 Å². The number of sulfone groups is 1. The number of fused-ring (bicyclic) bond motifs is 1. The molecule has 84 valence electrons. The second-order valence-electron chi connectivity index (χ2n) is 4.05. The molecule has 1 N–H and O–H groups in total. The lowest BCUT2D eigenvalue weighted by atomic mass is 9.94. The summed E-state index contributed by atoms with van der Waals surface area (Å²) in [7, 11) is -2.83. The van der Waals surface area contributed by atoms with Gasteiger partial charge in [-0.3, -0.25) is 0 Å². The van der Waals surface area contributed by atoms with E-state index in [-0.39, 0.29) is 5.75 Å². The van der Waals surface area contributed by atoms with Gasteiger partial charge in [0, 0.05) is 24.2 Å². The van der Waals surface area contributed by atoms with Gasteiger partial charge in [0.25, 0.3) is 0 Å². The SMILES string of the molecule is CS(=O)(=O)CCC1CNCc2sccc21. The van der Waals surface area contributed by atoms with Crippen LogP contribution in [0, 0.1) is 0 Å². The van der Waals surface area contributed by atoms with Crippen molar-refractivity contribution in [3.63, 3.8) is 0 Å². The Morgan fingerprint density at radius 3 is 3.13 bits per heavy atom. The first-order valence-corrected chi connectivity index (χ1v) is 7.95. The van der Waals surface area contributed by atoms with Crippen molar-refractivity contribution in [2.45, 2.75) is 18.9 Å². The van der Waals surface area contributed by atoms with Gasteiger partial charge in [0.2, 0.25) is 0 Å². The van der Waals surface area contributed by atoms with Gasteiger partial charge in [0.15, 0.2) is 0 Å². The molecule has 1 aromatic rings. The minimum Gasteiger partial charge on any atom is -0.311 e. The van der Waals surface area contributed by atoms with Gasteiger partial charge in [-0.15, -0.1) is 11.3 Å². The van der Waals surface area contributed by atoms with Crippen molar-refractivity contribution in [2.24, 2.45) is 0 Å². The van der Waals surface area contributed by atoms with Crippen molar-refractivity contribution >= 4 is 21.2 Å². The molecular formula is C10H15NO2S2. The van der Waals surface area contributed by atoms with Crippen LogP contribution in [0.5, 0.6) is 0 Å². The summed E-state index contributed by atoms with van der Waals surface area (Å²) in [6.45, 7) is 1.83. The standard InChI is InChI=1S/C10H15NO2S2/c1-15(12,13)5-3-8-6-11-7-10-9(8)2-4-14-10/h2,4,8,11H,3,5-7H2,1H3. The second kappa shape index (κ2) is 4.23. The first-order valence-electron chi connectivity index (χ1n) is 5.01. The summed E-state index contributed by atoms with van der Waals surface area (Å²) in [4.78, 5) is 1.36. The molecule has 1 atom stereocenters. The summed E-state index contributed by atoms with van der Waals surface area (Å²) in [5.74, 6) is 0.656. The van der Waals surface area contributed by atoms with Gasteiger partial charge in [-0.2, -0.15) is 0 Å². The molecule has 1 aromatic heterocycles. The highest BCUT2D eigenvalue weighted by atomic mass is 32.2. The molecule has 1 aliphatic rings. The van der Waals surface area contributed by atoms with E-state index in [1.165, 1.54) is 16.7 Å². The molecule has 0 amide bonds. The number of nitrogens with one attached hydrogen (secondary N) is 1. The highest BCUT2D eigenvalue weighted by molar-refractivity contribution is 7.90. The third-order valence-corrected chi connectivity index (χ3v) is 4.65. The first kappa shape index (κ1) is 11.1. The van der Waals surface area contributed by atoms with E-state index in [0.717, 1.165) is 19.5 Å². The van der Waals surface area contributed by atoms with Crippen LogP contribution >= 0.6 is 11.3 Å². The summed E-state index contributed by atoms with van der Waals surface area (Å²) in [6, 6.07) is 2.13. The minimum atomic E-state index is -2.83. The molecule has 0 saturated heterocycles. The average Bonchev–Trinajstić information content (AvgIpc) is 2.61. The summed E-state index contributed by atoms with van der Waals surface area (Å²) >= 11 is 1.75. The fourth-order valence-electron chi connectivity index (χ4n) is 1.94. The maximum absolute atomic E-state index is 11.1. The van der Waals surface area contributed by atoms with Crippen LogP contribution in [-0.2, 0) is 16.4 Å². The predicted octanol–water partition coefficient (Wildman–Crippen LogP) is 1.37. The van der Waals surface area contributed by atoms with E-state index in [4.69, 9.17) is 0 Å². The van der Waals surface area contributed by atoms with Crippen LogP contribution in [0.3, 0.4) is 0 Å². The normalized spacial score (nSPS) is 21.3. The molecule has 0 saturated carbocycles. The lowest BCUT2D eigenvalue weighted by Gasteiger charge is -2.23. The van der Waals surface area contributed by atoms with Crippen molar-refractivity contribution < 1.29 is 8.42 Å². The smallest absolute Gasteiger partial charge is 0.147 e. The monoisotopic (exact) mass is 245 g/mol. The Kier molecular flexibility index (Phi) is 3.13. The zero-order chi connectivity index (χ0) is 10.9. The van der Waals surface area contributed by atoms with Crippen molar-refractivity contribution in [1.29, 1.82) is 0 Å². The number of thiophene rings is 1. The van der Waals surface area contributed by atoms with E-state index >= 15 is 0 Å². The Morgan fingerprint density at radius 2 is 2.40 bits per heavy atom. The van der Waals surface area contributed by atoms with Crippen molar-refractivity contribution in [2.75, 3.05) is 18.6 Å². The Balaban J connectivity index is 2.07. The van der Waals surface area contributed by atoms with Crippen LogP contribution in [0.2, 0.25) is 0 Å². The van der Waals surface area contributed by atoms with E-state index in [9.17, 15) is 8.42 Å². The number of hydrogen-bond donors (Lipinski definition) is 1. The Hall–Kier alpha value is -0.390. The molecule has 5 heteroatoms. The molecular weight excluding hydrogens is 230 g/mol. The van der Waals surface area contributed by atoms with E-state index in [0.29, 0.717) is 5.92 Å². The highest BCUT2D eigenvalue weighted by Crippen LogP contribution is 2.30. The van der Waals surface area contributed by atoms with Crippen LogP contribution in [-0.4, -0.2) is 27.0 Å². The van der Waals surface area contributed by atoms with E-state index < -0.39 is 9.84 Å². The summed E-state index contributed by atoms with van der Waals surface area (Å²) in [5, 5.41) is 5.42. The second-order valence-corrected chi connectivity index (χ2v) is 7.31. The molecule has 1 aliphatic heterocycles. The first-order chi connectivity index (χ1) is 7.06. The van der Waals surface area contributed by atoms with Gasteiger partial charge in [0.05, 0.1) is 5.75 Å². The minimum absolute atomic E-state index is 0.286. The maximum atomic E-state index is 11.1. The third-order valence-electron chi connectivity index (χ3n) is 2.73. The quantitative estimate of drug-likeness (QED) is 0.875. The summed E-state index contributed by atoms with van der Waals surface area (Å²) in [6.07, 6.45) is 2.04. The Bertz CT molecular complexity index is 436. The van der Waals surface area contributed by atoms with Crippen LogP contribution in [0.25, 0.3) is 0 Å². The molecule has 0 aromatic carbocycles. The average molecular weight is 245 g/mol. The van der Waals surface area contributed by atoms with E-state index in [2.05, 4.69) is 16.8 Å². The molecule has 2 heterocycles. The fraction of sp³-hybridized carbons (Fsp3) is 0.600. The fourth-order valence-corrected chi connectivity index (χ4v) is 3.59. The van der Waals surface area contributed by atoms with Crippen LogP contribution in [0.4, 0.5) is 0 Å². The van der Waals surface area contributed by atoms with Gasteiger partial charge in [-0.25, -0.2) is 8.42 Å². The van der Waals surface area contributed by atoms with Gasteiger partial charge in [-0.1, -0.05) is 0 Å². The topological polar surface area (TPSA) is 46.2 Å². The van der Waals surface area contributed by atoms with Gasteiger partial charge < -0.3 is 5.32 Å². The predicted molar refractivity (Wildman–Crippen MR) is 63.1 cm³/mol. The molecule has 0 spiro atoms. The van der Waals surface area contributed by atoms with Crippen LogP contribution < -0.4 is 5.32 Å². The molecule has 0 aliphatic carbocycles. The molecule has 15 heavy (non-hydrogen) atoms. The molecule has 2 rings (SSSR count). The van der Waals surface area contributed by atoms with Crippen molar-refractivity contribution in [3.05, 3.63) is 21.9 Å². The van der Waals surface area contributed by atoms with Gasteiger partial charge in [-0.05, 0) is 29.3 Å². The van der Waals surface area contributed by atoms with Gasteiger partial charge in [0.1, 0.15) is 9.84 Å². The lowest BCUT2D eigenvalue weighted by molar-refractivity contribution is 0.531. The molecule has 0 fully saturated rings. The number of rotatable bonds is 3. The highest BCUT2D eigenvalue weighted by Gasteiger charge is 2.21. The number of hydrogen-bond acceptors (Lipinski definition) is 4. The largest absolute Gasteiger partial charge is 0.311 e. The Morgan fingerprint density at radius 1 is 1.60 bits per heavy atom. The lowest BCUT2D eigenvalue weighted by Crippen LogP contribution is -2.28. The molecule has 0 bridgehead atoms. The molecule has 1 unspecified atom stereocenters. The zero-order valence-electron chi connectivity index (χ0n) is 8.69. The maximum Gasteiger partial charge on any atom is 0.147 e. The molecule has 0 radical (unpaired) electrons. The summed E-state index contributed by atoms with van der Waals surface area (Å²) < 4.78 is 22.2. The third kappa shape index (κ3) is 2.80.